The van der Waals surface area contributed by atoms with Gasteiger partial charge in [0, 0.05) is 11.4 Å². The van der Waals surface area contributed by atoms with Crippen molar-refractivity contribution in [2.75, 3.05) is 13.1 Å². The van der Waals surface area contributed by atoms with Gasteiger partial charge in [-0.05, 0) is 44.2 Å². The SMILES string of the molecule is CCCNCC(C)(O)CCc1cccs1. The van der Waals surface area contributed by atoms with Crippen LogP contribution in [0.4, 0.5) is 0 Å². The second kappa shape index (κ2) is 6.26. The van der Waals surface area contributed by atoms with Crippen LogP contribution in [0, 0.1) is 0 Å². The minimum absolute atomic E-state index is 0.584. The number of hydrogen-bond donors (Lipinski definition) is 2. The summed E-state index contributed by atoms with van der Waals surface area (Å²) in [6.45, 7) is 5.71. The van der Waals surface area contributed by atoms with Gasteiger partial charge in [0.1, 0.15) is 0 Å². The Bertz CT molecular complexity index is 257. The maximum Gasteiger partial charge on any atom is 0.0747 e. The molecule has 1 unspecified atom stereocenters. The maximum atomic E-state index is 10.1. The van der Waals surface area contributed by atoms with E-state index in [2.05, 4.69) is 29.8 Å². The first kappa shape index (κ1) is 12.7. The fourth-order valence-electron chi connectivity index (χ4n) is 1.47. The molecular weight excluding hydrogens is 206 g/mol. The summed E-state index contributed by atoms with van der Waals surface area (Å²) >= 11 is 1.76. The minimum atomic E-state index is -0.584. The molecule has 2 N–H and O–H groups in total. The van der Waals surface area contributed by atoms with Crippen LogP contribution in [-0.4, -0.2) is 23.8 Å². The Kier molecular flexibility index (Phi) is 5.29. The van der Waals surface area contributed by atoms with Gasteiger partial charge in [0.05, 0.1) is 5.60 Å². The van der Waals surface area contributed by atoms with Crippen LogP contribution in [0.15, 0.2) is 17.5 Å². The van der Waals surface area contributed by atoms with Crippen LogP contribution >= 0.6 is 11.3 Å². The zero-order valence-electron chi connectivity index (χ0n) is 9.62. The first-order valence-electron chi connectivity index (χ1n) is 5.59. The van der Waals surface area contributed by atoms with Gasteiger partial charge in [-0.15, -0.1) is 11.3 Å². The van der Waals surface area contributed by atoms with Gasteiger partial charge in [0.25, 0.3) is 0 Å². The molecule has 0 fully saturated rings. The van der Waals surface area contributed by atoms with E-state index in [1.54, 1.807) is 11.3 Å². The molecule has 2 nitrogen and oxygen atoms in total. The van der Waals surface area contributed by atoms with Crippen molar-refractivity contribution >= 4 is 11.3 Å². The first-order chi connectivity index (χ1) is 7.14. The average Bonchev–Trinajstić information content (AvgIpc) is 2.68. The smallest absolute Gasteiger partial charge is 0.0747 e. The summed E-state index contributed by atoms with van der Waals surface area (Å²) in [5, 5.41) is 15.4. The number of thiophene rings is 1. The summed E-state index contributed by atoms with van der Waals surface area (Å²) in [5.41, 5.74) is -0.584. The highest BCUT2D eigenvalue weighted by molar-refractivity contribution is 7.09. The monoisotopic (exact) mass is 227 g/mol. The van der Waals surface area contributed by atoms with Crippen molar-refractivity contribution in [3.63, 3.8) is 0 Å². The largest absolute Gasteiger partial charge is 0.389 e. The Morgan fingerprint density at radius 3 is 2.93 bits per heavy atom. The van der Waals surface area contributed by atoms with Gasteiger partial charge in [-0.2, -0.15) is 0 Å². The molecule has 0 aliphatic rings. The van der Waals surface area contributed by atoms with Crippen molar-refractivity contribution in [3.05, 3.63) is 22.4 Å². The van der Waals surface area contributed by atoms with Gasteiger partial charge >= 0.3 is 0 Å². The lowest BCUT2D eigenvalue weighted by Crippen LogP contribution is -2.38. The molecule has 0 saturated heterocycles. The van der Waals surface area contributed by atoms with E-state index in [9.17, 15) is 5.11 Å². The van der Waals surface area contributed by atoms with Crippen molar-refractivity contribution in [2.45, 2.75) is 38.7 Å². The second-order valence-corrected chi connectivity index (χ2v) is 5.29. The maximum absolute atomic E-state index is 10.1. The molecule has 1 atom stereocenters. The third kappa shape index (κ3) is 5.30. The highest BCUT2D eigenvalue weighted by Gasteiger charge is 2.19. The van der Waals surface area contributed by atoms with Crippen LogP contribution in [-0.2, 0) is 6.42 Å². The highest BCUT2D eigenvalue weighted by Crippen LogP contribution is 2.16. The average molecular weight is 227 g/mol. The molecule has 0 aliphatic heterocycles. The molecule has 15 heavy (non-hydrogen) atoms. The lowest BCUT2D eigenvalue weighted by Gasteiger charge is -2.23. The van der Waals surface area contributed by atoms with Crippen LogP contribution in [0.3, 0.4) is 0 Å². The molecular formula is C12H21NOS. The number of aryl methyl sites for hydroxylation is 1. The number of aliphatic hydroxyl groups is 1. The Labute approximate surface area is 96.3 Å². The molecule has 0 bridgehead atoms. The summed E-state index contributed by atoms with van der Waals surface area (Å²) < 4.78 is 0. The molecule has 3 heteroatoms. The predicted molar refractivity (Wildman–Crippen MR) is 66.4 cm³/mol. The first-order valence-corrected chi connectivity index (χ1v) is 6.47. The third-order valence-electron chi connectivity index (χ3n) is 2.42. The summed E-state index contributed by atoms with van der Waals surface area (Å²) in [6.07, 6.45) is 2.91. The fraction of sp³-hybridized carbons (Fsp3) is 0.667. The summed E-state index contributed by atoms with van der Waals surface area (Å²) in [5.74, 6) is 0. The van der Waals surface area contributed by atoms with Gasteiger partial charge in [-0.1, -0.05) is 13.0 Å². The zero-order valence-corrected chi connectivity index (χ0v) is 10.4. The van der Waals surface area contributed by atoms with Gasteiger partial charge < -0.3 is 10.4 Å². The van der Waals surface area contributed by atoms with Crippen LogP contribution in [0.5, 0.6) is 0 Å². The number of nitrogens with one attached hydrogen (secondary N) is 1. The predicted octanol–water partition coefficient (Wildman–Crippen LogP) is 2.43. The summed E-state index contributed by atoms with van der Waals surface area (Å²) in [6, 6.07) is 4.18. The normalized spacial score (nSPS) is 15.1. The quantitative estimate of drug-likeness (QED) is 0.701. The molecule has 0 radical (unpaired) electrons. The van der Waals surface area contributed by atoms with E-state index in [0.717, 1.165) is 25.8 Å². The molecule has 0 aromatic carbocycles. The van der Waals surface area contributed by atoms with E-state index in [1.165, 1.54) is 4.88 Å². The molecule has 1 heterocycles. The Morgan fingerprint density at radius 1 is 1.53 bits per heavy atom. The van der Waals surface area contributed by atoms with E-state index < -0.39 is 5.60 Å². The van der Waals surface area contributed by atoms with Gasteiger partial charge in [0.2, 0.25) is 0 Å². The van der Waals surface area contributed by atoms with Crippen LogP contribution in [0.1, 0.15) is 31.6 Å². The van der Waals surface area contributed by atoms with Crippen LogP contribution in [0.25, 0.3) is 0 Å². The number of hydrogen-bond acceptors (Lipinski definition) is 3. The molecule has 1 aromatic rings. The summed E-state index contributed by atoms with van der Waals surface area (Å²) in [4.78, 5) is 1.35. The van der Waals surface area contributed by atoms with Crippen molar-refractivity contribution in [3.8, 4) is 0 Å². The third-order valence-corrected chi connectivity index (χ3v) is 3.36. The van der Waals surface area contributed by atoms with E-state index in [0.29, 0.717) is 6.54 Å². The van der Waals surface area contributed by atoms with Crippen molar-refractivity contribution in [1.82, 2.24) is 5.32 Å². The lowest BCUT2D eigenvalue weighted by molar-refractivity contribution is 0.0515. The standard InChI is InChI=1S/C12H21NOS/c1-3-8-13-10-12(2,14)7-6-11-5-4-9-15-11/h4-5,9,13-14H,3,6-8,10H2,1-2H3. The molecule has 0 spiro atoms. The van der Waals surface area contributed by atoms with Crippen molar-refractivity contribution in [1.29, 1.82) is 0 Å². The van der Waals surface area contributed by atoms with Gasteiger partial charge in [-0.25, -0.2) is 0 Å². The van der Waals surface area contributed by atoms with E-state index >= 15 is 0 Å². The van der Waals surface area contributed by atoms with Crippen molar-refractivity contribution in [2.24, 2.45) is 0 Å². The van der Waals surface area contributed by atoms with Crippen LogP contribution < -0.4 is 5.32 Å². The molecule has 0 aliphatic carbocycles. The molecule has 1 aromatic heterocycles. The molecule has 1 rings (SSSR count). The zero-order chi connectivity index (χ0) is 11.1. The van der Waals surface area contributed by atoms with Crippen LogP contribution in [0.2, 0.25) is 0 Å². The Morgan fingerprint density at radius 2 is 2.33 bits per heavy atom. The van der Waals surface area contributed by atoms with E-state index in [1.807, 2.05) is 6.92 Å². The topological polar surface area (TPSA) is 32.3 Å². The van der Waals surface area contributed by atoms with Crippen molar-refractivity contribution < 1.29 is 5.11 Å². The summed E-state index contributed by atoms with van der Waals surface area (Å²) in [7, 11) is 0. The van der Waals surface area contributed by atoms with E-state index in [-0.39, 0.29) is 0 Å². The van der Waals surface area contributed by atoms with Gasteiger partial charge in [-0.3, -0.25) is 0 Å². The molecule has 0 amide bonds. The fourth-order valence-corrected chi connectivity index (χ4v) is 2.18. The Hall–Kier alpha value is -0.380. The minimum Gasteiger partial charge on any atom is -0.389 e. The number of rotatable bonds is 7. The highest BCUT2D eigenvalue weighted by atomic mass is 32.1. The lowest BCUT2D eigenvalue weighted by atomic mass is 9.99. The molecule has 0 saturated carbocycles. The van der Waals surface area contributed by atoms with Gasteiger partial charge in [0.15, 0.2) is 0 Å². The van der Waals surface area contributed by atoms with E-state index in [4.69, 9.17) is 0 Å². The Balaban J connectivity index is 2.23. The second-order valence-electron chi connectivity index (χ2n) is 4.25. The molecule has 86 valence electrons.